The minimum absolute atomic E-state index is 0.152. The smallest absolute Gasteiger partial charge is 0.0826 e. The fourth-order valence-electron chi connectivity index (χ4n) is 3.21. The van der Waals surface area contributed by atoms with Crippen LogP contribution in [0.5, 0.6) is 0 Å². The fourth-order valence-corrected chi connectivity index (χ4v) is 3.21. The van der Waals surface area contributed by atoms with Crippen molar-refractivity contribution in [2.45, 2.75) is 38.7 Å². The van der Waals surface area contributed by atoms with Crippen LogP contribution in [0.25, 0.3) is 0 Å². The van der Waals surface area contributed by atoms with Crippen molar-refractivity contribution in [1.82, 2.24) is 10.2 Å². The molecule has 1 heterocycles. The Morgan fingerprint density at radius 1 is 1.39 bits per heavy atom. The molecular formula is C14H28N2O2. The maximum Gasteiger partial charge on any atom is 0.0826 e. The molecule has 0 spiro atoms. The minimum atomic E-state index is 0.152. The van der Waals surface area contributed by atoms with Crippen LogP contribution in [0.1, 0.15) is 32.6 Å². The van der Waals surface area contributed by atoms with Gasteiger partial charge in [-0.15, -0.1) is 0 Å². The van der Waals surface area contributed by atoms with Gasteiger partial charge in [0.25, 0.3) is 0 Å². The van der Waals surface area contributed by atoms with Crippen molar-refractivity contribution in [3.63, 3.8) is 0 Å². The Hall–Kier alpha value is -0.160. The molecule has 2 aliphatic rings. The molecule has 2 rings (SSSR count). The first-order chi connectivity index (χ1) is 8.78. The van der Waals surface area contributed by atoms with Gasteiger partial charge in [0.05, 0.1) is 12.7 Å². The molecule has 1 atom stereocenters. The number of aliphatic hydroxyl groups is 1. The Morgan fingerprint density at radius 2 is 2.17 bits per heavy atom. The van der Waals surface area contributed by atoms with E-state index >= 15 is 0 Å². The first kappa shape index (κ1) is 14.3. The van der Waals surface area contributed by atoms with Gasteiger partial charge in [0.1, 0.15) is 0 Å². The second-order valence-electron chi connectivity index (χ2n) is 5.88. The summed E-state index contributed by atoms with van der Waals surface area (Å²) in [5, 5.41) is 13.1. The molecular weight excluding hydrogens is 228 g/mol. The third kappa shape index (κ3) is 3.67. The monoisotopic (exact) mass is 256 g/mol. The summed E-state index contributed by atoms with van der Waals surface area (Å²) in [7, 11) is 0. The number of rotatable bonds is 6. The second kappa shape index (κ2) is 6.85. The summed E-state index contributed by atoms with van der Waals surface area (Å²) in [6, 6.07) is 0. The molecule has 4 heteroatoms. The van der Waals surface area contributed by atoms with Crippen molar-refractivity contribution < 1.29 is 9.84 Å². The minimum Gasteiger partial charge on any atom is -0.396 e. The molecule has 0 amide bonds. The Bertz CT molecular complexity index is 242. The number of aliphatic hydroxyl groups excluding tert-OH is 1. The molecule has 0 bridgehead atoms. The highest BCUT2D eigenvalue weighted by Crippen LogP contribution is 2.36. The number of hydrogen-bond acceptors (Lipinski definition) is 4. The van der Waals surface area contributed by atoms with Crippen molar-refractivity contribution in [3.05, 3.63) is 0 Å². The summed E-state index contributed by atoms with van der Waals surface area (Å²) in [6.45, 7) is 8.45. The highest BCUT2D eigenvalue weighted by atomic mass is 16.5. The van der Waals surface area contributed by atoms with Crippen LogP contribution in [0.4, 0.5) is 0 Å². The standard InChI is InChI=1S/C14H28N2O2/c1-2-16-7-8-18-13(10-16)9-15-11-14(12-17)5-3-4-6-14/h13,15,17H,2-12H2,1H3. The molecule has 0 aromatic heterocycles. The maximum absolute atomic E-state index is 9.55. The Kier molecular flexibility index (Phi) is 5.42. The van der Waals surface area contributed by atoms with Gasteiger partial charge in [0, 0.05) is 38.2 Å². The Labute approximate surface area is 111 Å². The van der Waals surface area contributed by atoms with Crippen molar-refractivity contribution in [2.75, 3.05) is 45.9 Å². The highest BCUT2D eigenvalue weighted by molar-refractivity contribution is 4.86. The molecule has 1 saturated carbocycles. The Balaban J connectivity index is 1.68. The van der Waals surface area contributed by atoms with Gasteiger partial charge in [-0.05, 0) is 19.4 Å². The Morgan fingerprint density at radius 3 is 2.83 bits per heavy atom. The van der Waals surface area contributed by atoms with Gasteiger partial charge in [0.2, 0.25) is 0 Å². The normalized spacial score (nSPS) is 28.7. The van der Waals surface area contributed by atoms with Crippen LogP contribution in [0.3, 0.4) is 0 Å². The molecule has 2 N–H and O–H groups in total. The summed E-state index contributed by atoms with van der Waals surface area (Å²) >= 11 is 0. The van der Waals surface area contributed by atoms with Crippen molar-refractivity contribution >= 4 is 0 Å². The zero-order valence-corrected chi connectivity index (χ0v) is 11.7. The number of likely N-dealkylation sites (N-methyl/N-ethyl adjacent to an activating group) is 1. The van der Waals surface area contributed by atoms with Crippen LogP contribution in [0.2, 0.25) is 0 Å². The molecule has 18 heavy (non-hydrogen) atoms. The van der Waals surface area contributed by atoms with Crippen molar-refractivity contribution in [2.24, 2.45) is 5.41 Å². The largest absolute Gasteiger partial charge is 0.396 e. The van der Waals surface area contributed by atoms with E-state index < -0.39 is 0 Å². The van der Waals surface area contributed by atoms with Crippen LogP contribution < -0.4 is 5.32 Å². The fraction of sp³-hybridized carbons (Fsp3) is 1.00. The van der Waals surface area contributed by atoms with Gasteiger partial charge in [-0.2, -0.15) is 0 Å². The summed E-state index contributed by atoms with van der Waals surface area (Å²) < 4.78 is 5.77. The number of morpholine rings is 1. The van der Waals surface area contributed by atoms with Crippen LogP contribution >= 0.6 is 0 Å². The average molecular weight is 256 g/mol. The van der Waals surface area contributed by atoms with E-state index in [1.54, 1.807) is 0 Å². The number of nitrogens with zero attached hydrogens (tertiary/aromatic N) is 1. The number of ether oxygens (including phenoxy) is 1. The van der Waals surface area contributed by atoms with Gasteiger partial charge in [0.15, 0.2) is 0 Å². The van der Waals surface area contributed by atoms with E-state index in [4.69, 9.17) is 4.74 Å². The lowest BCUT2D eigenvalue weighted by Gasteiger charge is -2.33. The molecule has 0 aromatic carbocycles. The molecule has 2 fully saturated rings. The number of nitrogens with one attached hydrogen (secondary N) is 1. The van der Waals surface area contributed by atoms with Gasteiger partial charge < -0.3 is 15.2 Å². The predicted molar refractivity (Wildman–Crippen MR) is 72.7 cm³/mol. The summed E-state index contributed by atoms with van der Waals surface area (Å²) in [5.41, 5.74) is 0.152. The van der Waals surface area contributed by atoms with Gasteiger partial charge in [-0.1, -0.05) is 19.8 Å². The topological polar surface area (TPSA) is 44.7 Å². The zero-order valence-electron chi connectivity index (χ0n) is 11.7. The SMILES string of the molecule is CCN1CCOC(CNCC2(CO)CCCC2)C1. The second-order valence-corrected chi connectivity index (χ2v) is 5.88. The van der Waals surface area contributed by atoms with Crippen LogP contribution in [-0.2, 0) is 4.74 Å². The molecule has 0 aromatic rings. The highest BCUT2D eigenvalue weighted by Gasteiger charge is 2.33. The lowest BCUT2D eigenvalue weighted by molar-refractivity contribution is -0.0268. The van der Waals surface area contributed by atoms with Gasteiger partial charge >= 0.3 is 0 Å². The van der Waals surface area contributed by atoms with Crippen LogP contribution in [0, 0.1) is 5.41 Å². The first-order valence-corrected chi connectivity index (χ1v) is 7.43. The van der Waals surface area contributed by atoms with E-state index in [9.17, 15) is 5.11 Å². The molecule has 1 unspecified atom stereocenters. The molecule has 1 aliphatic carbocycles. The molecule has 1 aliphatic heterocycles. The van der Waals surface area contributed by atoms with Crippen LogP contribution in [-0.4, -0.2) is 62.0 Å². The third-order valence-electron chi connectivity index (χ3n) is 4.54. The summed E-state index contributed by atoms with van der Waals surface area (Å²) in [5.74, 6) is 0. The molecule has 4 nitrogen and oxygen atoms in total. The number of hydrogen-bond donors (Lipinski definition) is 2. The molecule has 0 radical (unpaired) electrons. The molecule has 106 valence electrons. The third-order valence-corrected chi connectivity index (χ3v) is 4.54. The maximum atomic E-state index is 9.55. The lowest BCUT2D eigenvalue weighted by atomic mass is 9.87. The van der Waals surface area contributed by atoms with Gasteiger partial charge in [-0.3, -0.25) is 4.90 Å². The molecule has 1 saturated heterocycles. The summed E-state index contributed by atoms with van der Waals surface area (Å²) in [6.07, 6.45) is 5.19. The quantitative estimate of drug-likeness (QED) is 0.739. The van der Waals surface area contributed by atoms with Gasteiger partial charge in [-0.25, -0.2) is 0 Å². The van der Waals surface area contributed by atoms with E-state index in [0.717, 1.165) is 39.3 Å². The van der Waals surface area contributed by atoms with E-state index in [1.807, 2.05) is 0 Å². The van der Waals surface area contributed by atoms with Crippen LogP contribution in [0.15, 0.2) is 0 Å². The van der Waals surface area contributed by atoms with E-state index in [1.165, 1.54) is 25.7 Å². The lowest BCUT2D eigenvalue weighted by Crippen LogP contribution is -2.48. The van der Waals surface area contributed by atoms with Crippen molar-refractivity contribution in [3.8, 4) is 0 Å². The van der Waals surface area contributed by atoms with E-state index in [2.05, 4.69) is 17.1 Å². The first-order valence-electron chi connectivity index (χ1n) is 7.43. The predicted octanol–water partition coefficient (Wildman–Crippen LogP) is 0.849. The van der Waals surface area contributed by atoms with E-state index in [-0.39, 0.29) is 5.41 Å². The van der Waals surface area contributed by atoms with E-state index in [0.29, 0.717) is 12.7 Å². The average Bonchev–Trinajstić information content (AvgIpc) is 2.88. The van der Waals surface area contributed by atoms with Crippen molar-refractivity contribution in [1.29, 1.82) is 0 Å². The zero-order chi connectivity index (χ0) is 12.8. The summed E-state index contributed by atoms with van der Waals surface area (Å²) in [4.78, 5) is 2.44.